The summed E-state index contributed by atoms with van der Waals surface area (Å²) in [5, 5.41) is 3.03. The van der Waals surface area contributed by atoms with Crippen LogP contribution >= 0.6 is 0 Å². The number of amides is 1. The third-order valence-electron chi connectivity index (χ3n) is 5.51. The third-order valence-corrected chi connectivity index (χ3v) is 5.51. The third kappa shape index (κ3) is 4.98. The van der Waals surface area contributed by atoms with E-state index >= 15 is 0 Å². The van der Waals surface area contributed by atoms with Gasteiger partial charge in [0.25, 0.3) is 5.91 Å². The average molecular weight is 397 g/mol. The van der Waals surface area contributed by atoms with Gasteiger partial charge < -0.3 is 19.5 Å². The summed E-state index contributed by atoms with van der Waals surface area (Å²) in [4.78, 5) is 18.6. The van der Waals surface area contributed by atoms with E-state index in [0.29, 0.717) is 24.6 Å². The number of nitrogens with one attached hydrogen (secondary N) is 1. The molecule has 1 atom stereocenters. The van der Waals surface area contributed by atoms with Crippen molar-refractivity contribution < 1.29 is 19.0 Å². The molecule has 2 aliphatic rings. The SMILES string of the molecule is COc1ccc2c(c1)OC(CN1CCC(CNC(=O)c3cccnc3)CC1)CO2. The Morgan fingerprint density at radius 1 is 1.28 bits per heavy atom. The van der Waals surface area contributed by atoms with E-state index in [-0.39, 0.29) is 12.0 Å². The largest absolute Gasteiger partial charge is 0.497 e. The minimum Gasteiger partial charge on any atom is -0.497 e. The molecule has 1 amide bonds. The predicted molar refractivity (Wildman–Crippen MR) is 109 cm³/mol. The zero-order valence-electron chi connectivity index (χ0n) is 16.7. The lowest BCUT2D eigenvalue weighted by molar-refractivity contribution is 0.0474. The normalized spacial score (nSPS) is 19.6. The number of carbonyl (C=O) groups is 1. The molecule has 3 heterocycles. The number of pyridine rings is 1. The number of methoxy groups -OCH3 is 1. The summed E-state index contributed by atoms with van der Waals surface area (Å²) in [6.45, 7) is 4.10. The molecule has 0 spiro atoms. The first-order valence-electron chi connectivity index (χ1n) is 10.1. The Labute approximate surface area is 171 Å². The Bertz CT molecular complexity index is 822. The van der Waals surface area contributed by atoms with Crippen LogP contribution in [0.4, 0.5) is 0 Å². The van der Waals surface area contributed by atoms with Crippen LogP contribution in [0.15, 0.2) is 42.7 Å². The molecule has 1 unspecified atom stereocenters. The summed E-state index contributed by atoms with van der Waals surface area (Å²) in [5.74, 6) is 2.73. The van der Waals surface area contributed by atoms with Gasteiger partial charge in [-0.3, -0.25) is 14.7 Å². The lowest BCUT2D eigenvalue weighted by atomic mass is 9.96. The topological polar surface area (TPSA) is 72.9 Å². The van der Waals surface area contributed by atoms with Crippen LogP contribution in [-0.2, 0) is 0 Å². The molecule has 2 aliphatic heterocycles. The lowest BCUT2D eigenvalue weighted by Crippen LogP contribution is -2.45. The van der Waals surface area contributed by atoms with E-state index in [9.17, 15) is 4.79 Å². The highest BCUT2D eigenvalue weighted by Crippen LogP contribution is 2.35. The molecule has 154 valence electrons. The Morgan fingerprint density at radius 3 is 2.90 bits per heavy atom. The van der Waals surface area contributed by atoms with Gasteiger partial charge in [-0.15, -0.1) is 0 Å². The second-order valence-electron chi connectivity index (χ2n) is 7.56. The van der Waals surface area contributed by atoms with E-state index in [1.165, 1.54) is 0 Å². The zero-order chi connectivity index (χ0) is 20.1. The van der Waals surface area contributed by atoms with Crippen LogP contribution in [-0.4, -0.2) is 61.8 Å². The average Bonchev–Trinajstić information content (AvgIpc) is 2.78. The van der Waals surface area contributed by atoms with Crippen LogP contribution in [0.3, 0.4) is 0 Å². The van der Waals surface area contributed by atoms with E-state index in [1.54, 1.807) is 31.6 Å². The molecule has 0 bridgehead atoms. The van der Waals surface area contributed by atoms with Crippen molar-refractivity contribution in [2.45, 2.75) is 18.9 Å². The Balaban J connectivity index is 1.21. The van der Waals surface area contributed by atoms with Crippen molar-refractivity contribution in [3.05, 3.63) is 48.3 Å². The molecule has 1 saturated heterocycles. The molecule has 2 aromatic rings. The van der Waals surface area contributed by atoms with Gasteiger partial charge in [0.2, 0.25) is 0 Å². The summed E-state index contributed by atoms with van der Waals surface area (Å²) < 4.78 is 17.2. The van der Waals surface area contributed by atoms with Crippen molar-refractivity contribution in [2.75, 3.05) is 39.9 Å². The highest BCUT2D eigenvalue weighted by atomic mass is 16.6. The summed E-state index contributed by atoms with van der Waals surface area (Å²) >= 11 is 0. The van der Waals surface area contributed by atoms with Crippen molar-refractivity contribution >= 4 is 5.91 Å². The van der Waals surface area contributed by atoms with Crippen LogP contribution in [0.5, 0.6) is 17.2 Å². The number of aromatic nitrogens is 1. The second kappa shape index (κ2) is 9.13. The first-order valence-corrected chi connectivity index (χ1v) is 10.1. The number of nitrogens with zero attached hydrogens (tertiary/aromatic N) is 2. The van der Waals surface area contributed by atoms with Gasteiger partial charge in [-0.25, -0.2) is 0 Å². The van der Waals surface area contributed by atoms with Crippen LogP contribution in [0.1, 0.15) is 23.2 Å². The number of rotatable bonds is 6. The maximum atomic E-state index is 12.2. The maximum Gasteiger partial charge on any atom is 0.252 e. The molecule has 0 radical (unpaired) electrons. The van der Waals surface area contributed by atoms with Gasteiger partial charge in [0.15, 0.2) is 11.5 Å². The fourth-order valence-electron chi connectivity index (χ4n) is 3.81. The van der Waals surface area contributed by atoms with Gasteiger partial charge in [0.1, 0.15) is 18.5 Å². The van der Waals surface area contributed by atoms with E-state index in [1.807, 2.05) is 18.2 Å². The van der Waals surface area contributed by atoms with Gasteiger partial charge in [-0.05, 0) is 56.1 Å². The molecule has 1 N–H and O–H groups in total. The number of likely N-dealkylation sites (tertiary alicyclic amines) is 1. The van der Waals surface area contributed by atoms with E-state index < -0.39 is 0 Å². The predicted octanol–water partition coefficient (Wildman–Crippen LogP) is 2.37. The molecule has 1 aromatic heterocycles. The van der Waals surface area contributed by atoms with Gasteiger partial charge in [-0.1, -0.05) is 0 Å². The van der Waals surface area contributed by atoms with E-state index in [4.69, 9.17) is 14.2 Å². The van der Waals surface area contributed by atoms with Crippen LogP contribution < -0.4 is 19.5 Å². The van der Waals surface area contributed by atoms with Crippen LogP contribution in [0, 0.1) is 5.92 Å². The summed E-state index contributed by atoms with van der Waals surface area (Å²) in [6, 6.07) is 9.19. The fraction of sp³-hybridized carbons (Fsp3) is 0.455. The van der Waals surface area contributed by atoms with Crippen molar-refractivity contribution in [1.29, 1.82) is 0 Å². The number of ether oxygens (including phenoxy) is 3. The number of benzene rings is 1. The zero-order valence-corrected chi connectivity index (χ0v) is 16.7. The standard InChI is InChI=1S/C22H27N3O4/c1-27-18-4-5-20-21(11-18)29-19(15-28-20)14-25-9-6-16(7-10-25)12-24-22(26)17-3-2-8-23-13-17/h2-5,8,11,13,16,19H,6-7,9-10,12,14-15H2,1H3,(H,24,26). The molecular formula is C22H27N3O4. The lowest BCUT2D eigenvalue weighted by Gasteiger charge is -2.35. The van der Waals surface area contributed by atoms with Gasteiger partial charge in [0, 0.05) is 31.5 Å². The highest BCUT2D eigenvalue weighted by molar-refractivity contribution is 5.93. The number of hydrogen-bond acceptors (Lipinski definition) is 6. The molecule has 29 heavy (non-hydrogen) atoms. The summed E-state index contributed by atoms with van der Waals surface area (Å²) in [6.07, 6.45) is 5.40. The smallest absolute Gasteiger partial charge is 0.252 e. The summed E-state index contributed by atoms with van der Waals surface area (Å²) in [5.41, 5.74) is 0.608. The Hall–Kier alpha value is -2.80. The highest BCUT2D eigenvalue weighted by Gasteiger charge is 2.26. The van der Waals surface area contributed by atoms with Crippen molar-refractivity contribution in [1.82, 2.24) is 15.2 Å². The number of fused-ring (bicyclic) bond motifs is 1. The minimum absolute atomic E-state index is 0.0106. The molecule has 0 saturated carbocycles. The minimum atomic E-state index is -0.0534. The van der Waals surface area contributed by atoms with Crippen LogP contribution in [0.2, 0.25) is 0 Å². The van der Waals surface area contributed by atoms with Crippen molar-refractivity contribution in [3.8, 4) is 17.2 Å². The molecular weight excluding hydrogens is 370 g/mol. The summed E-state index contributed by atoms with van der Waals surface area (Å²) in [7, 11) is 1.65. The molecule has 4 rings (SSSR count). The second-order valence-corrected chi connectivity index (χ2v) is 7.56. The van der Waals surface area contributed by atoms with Crippen molar-refractivity contribution in [3.63, 3.8) is 0 Å². The van der Waals surface area contributed by atoms with Gasteiger partial charge in [0.05, 0.1) is 12.7 Å². The Kier molecular flexibility index (Phi) is 6.14. The molecule has 7 nitrogen and oxygen atoms in total. The number of piperidine rings is 1. The number of carbonyl (C=O) groups excluding carboxylic acids is 1. The first-order chi connectivity index (χ1) is 14.2. The van der Waals surface area contributed by atoms with Crippen LogP contribution in [0.25, 0.3) is 0 Å². The van der Waals surface area contributed by atoms with Crippen molar-refractivity contribution in [2.24, 2.45) is 5.92 Å². The quantitative estimate of drug-likeness (QED) is 0.807. The fourth-order valence-corrected chi connectivity index (χ4v) is 3.81. The molecule has 7 heteroatoms. The maximum absolute atomic E-state index is 12.2. The molecule has 1 fully saturated rings. The Morgan fingerprint density at radius 2 is 2.14 bits per heavy atom. The van der Waals surface area contributed by atoms with E-state index in [2.05, 4.69) is 15.2 Å². The van der Waals surface area contributed by atoms with E-state index in [0.717, 1.165) is 49.7 Å². The molecule has 0 aliphatic carbocycles. The van der Waals surface area contributed by atoms with Gasteiger partial charge >= 0.3 is 0 Å². The van der Waals surface area contributed by atoms with Gasteiger partial charge in [-0.2, -0.15) is 0 Å². The first kappa shape index (κ1) is 19.5. The molecule has 1 aromatic carbocycles. The monoisotopic (exact) mass is 397 g/mol. The number of hydrogen-bond donors (Lipinski definition) is 1.